The molecule has 25 heavy (non-hydrogen) atoms. The van der Waals surface area contributed by atoms with Crippen molar-refractivity contribution in [3.8, 4) is 0 Å². The second-order valence-electron chi connectivity index (χ2n) is 5.28. The Morgan fingerprint density at radius 3 is 2.76 bits per heavy atom. The zero-order valence-electron chi connectivity index (χ0n) is 14.7. The molecule has 0 fully saturated rings. The van der Waals surface area contributed by atoms with E-state index in [4.69, 9.17) is 0 Å². The first-order valence-corrected chi connectivity index (χ1v) is 10.2. The Bertz CT molecular complexity index is 666. The van der Waals surface area contributed by atoms with E-state index < -0.39 is 0 Å². The summed E-state index contributed by atoms with van der Waals surface area (Å²) in [5.74, 6) is 0.770. The second kappa shape index (κ2) is 10.8. The highest BCUT2D eigenvalue weighted by molar-refractivity contribution is 7.12. The maximum atomic E-state index is 11.8. The molecule has 0 bridgehead atoms. The number of aromatic nitrogens is 1. The van der Waals surface area contributed by atoms with E-state index in [2.05, 4.69) is 32.9 Å². The van der Waals surface area contributed by atoms with Crippen LogP contribution in [0.15, 0.2) is 28.7 Å². The largest absolute Gasteiger partial charge is 0.357 e. The molecule has 0 aliphatic heterocycles. The monoisotopic (exact) mass is 379 g/mol. The molecule has 0 spiro atoms. The Hall–Kier alpha value is -1.93. The summed E-state index contributed by atoms with van der Waals surface area (Å²) in [5.41, 5.74) is 0. The van der Waals surface area contributed by atoms with Crippen LogP contribution in [-0.2, 0) is 13.0 Å². The second-order valence-corrected chi connectivity index (χ2v) is 7.43. The fourth-order valence-corrected chi connectivity index (χ4v) is 3.49. The van der Waals surface area contributed by atoms with Gasteiger partial charge in [0.1, 0.15) is 5.01 Å². The zero-order valence-corrected chi connectivity index (χ0v) is 16.3. The van der Waals surface area contributed by atoms with Gasteiger partial charge in [0.05, 0.1) is 11.4 Å². The summed E-state index contributed by atoms with van der Waals surface area (Å²) >= 11 is 3.16. The lowest BCUT2D eigenvalue weighted by atomic mass is 10.4. The van der Waals surface area contributed by atoms with Crippen LogP contribution in [0.4, 0.5) is 0 Å². The lowest BCUT2D eigenvalue weighted by Gasteiger charge is -2.11. The van der Waals surface area contributed by atoms with Gasteiger partial charge in [-0.3, -0.25) is 4.79 Å². The van der Waals surface area contributed by atoms with Crippen molar-refractivity contribution in [1.82, 2.24) is 20.9 Å². The average Bonchev–Trinajstić information content (AvgIpc) is 3.30. The van der Waals surface area contributed by atoms with Gasteiger partial charge < -0.3 is 16.0 Å². The van der Waals surface area contributed by atoms with Crippen molar-refractivity contribution < 1.29 is 4.79 Å². The minimum absolute atomic E-state index is 0.00827. The van der Waals surface area contributed by atoms with Gasteiger partial charge in [0, 0.05) is 30.7 Å². The molecule has 2 heterocycles. The van der Waals surface area contributed by atoms with Gasteiger partial charge in [0.15, 0.2) is 5.96 Å². The van der Waals surface area contributed by atoms with Gasteiger partial charge in [-0.25, -0.2) is 9.98 Å². The number of carbonyl (C=O) groups is 1. The molecule has 6 nitrogen and oxygen atoms in total. The number of carbonyl (C=O) groups excluding carboxylic acids is 1. The molecule has 3 N–H and O–H groups in total. The molecule has 2 rings (SSSR count). The minimum Gasteiger partial charge on any atom is -0.357 e. The molecule has 2 aromatic heterocycles. The van der Waals surface area contributed by atoms with Crippen LogP contribution in [0, 0.1) is 0 Å². The van der Waals surface area contributed by atoms with Crippen molar-refractivity contribution in [2.24, 2.45) is 4.99 Å². The molecule has 0 atom stereocenters. The molecule has 0 aliphatic carbocycles. The van der Waals surface area contributed by atoms with Crippen LogP contribution in [-0.4, -0.2) is 36.5 Å². The number of thiophene rings is 1. The topological polar surface area (TPSA) is 78.4 Å². The highest BCUT2D eigenvalue weighted by Gasteiger charge is 2.05. The SMILES string of the molecule is CCNC(=NCc1ncc(CC)s1)NCCCNC(=O)c1cccs1. The number of hydrogen-bond donors (Lipinski definition) is 3. The third-order valence-electron chi connectivity index (χ3n) is 3.34. The Balaban J connectivity index is 1.69. The summed E-state index contributed by atoms with van der Waals surface area (Å²) in [6, 6.07) is 3.71. The molecule has 2 aromatic rings. The van der Waals surface area contributed by atoms with Crippen LogP contribution in [0.3, 0.4) is 0 Å². The van der Waals surface area contributed by atoms with Crippen molar-refractivity contribution in [2.75, 3.05) is 19.6 Å². The van der Waals surface area contributed by atoms with Crippen molar-refractivity contribution in [1.29, 1.82) is 0 Å². The van der Waals surface area contributed by atoms with Crippen LogP contribution in [0.2, 0.25) is 0 Å². The number of aryl methyl sites for hydroxylation is 1. The lowest BCUT2D eigenvalue weighted by molar-refractivity contribution is 0.0957. The van der Waals surface area contributed by atoms with Crippen LogP contribution < -0.4 is 16.0 Å². The van der Waals surface area contributed by atoms with Crippen molar-refractivity contribution >= 4 is 34.5 Å². The smallest absolute Gasteiger partial charge is 0.261 e. The number of aliphatic imine (C=N–C) groups is 1. The molecule has 0 radical (unpaired) electrons. The number of nitrogens with one attached hydrogen (secondary N) is 3. The van der Waals surface area contributed by atoms with E-state index in [1.54, 1.807) is 11.3 Å². The van der Waals surface area contributed by atoms with Crippen molar-refractivity contribution in [3.05, 3.63) is 38.5 Å². The Morgan fingerprint density at radius 2 is 2.08 bits per heavy atom. The standard InChI is InChI=1S/C17H25N5OS2/c1-3-13-11-21-15(25-13)12-22-17(18-4-2)20-9-6-8-19-16(23)14-7-5-10-24-14/h5,7,10-11H,3-4,6,8-9,12H2,1-2H3,(H,19,23)(H2,18,20,22). The first-order valence-electron chi connectivity index (χ1n) is 8.50. The lowest BCUT2D eigenvalue weighted by Crippen LogP contribution is -2.38. The zero-order chi connectivity index (χ0) is 17.9. The molecule has 0 unspecified atom stereocenters. The first-order chi connectivity index (χ1) is 12.2. The maximum Gasteiger partial charge on any atom is 0.261 e. The van der Waals surface area contributed by atoms with Gasteiger partial charge in [-0.15, -0.1) is 22.7 Å². The Labute approximate surface area is 156 Å². The van der Waals surface area contributed by atoms with Crippen LogP contribution in [0.5, 0.6) is 0 Å². The quantitative estimate of drug-likeness (QED) is 0.356. The van der Waals surface area contributed by atoms with Gasteiger partial charge in [-0.1, -0.05) is 13.0 Å². The number of nitrogens with zero attached hydrogens (tertiary/aromatic N) is 2. The maximum absolute atomic E-state index is 11.8. The summed E-state index contributed by atoms with van der Waals surface area (Å²) in [5, 5.41) is 12.4. The average molecular weight is 380 g/mol. The minimum atomic E-state index is -0.00827. The molecule has 0 aromatic carbocycles. The van der Waals surface area contributed by atoms with E-state index in [9.17, 15) is 4.79 Å². The van der Waals surface area contributed by atoms with Gasteiger partial charge in [-0.05, 0) is 31.2 Å². The van der Waals surface area contributed by atoms with Gasteiger partial charge in [-0.2, -0.15) is 0 Å². The molecule has 0 aliphatic rings. The van der Waals surface area contributed by atoms with Gasteiger partial charge >= 0.3 is 0 Å². The fourth-order valence-electron chi connectivity index (χ4n) is 2.06. The van der Waals surface area contributed by atoms with Crippen LogP contribution >= 0.6 is 22.7 Å². The summed E-state index contributed by atoms with van der Waals surface area (Å²) in [7, 11) is 0. The molecule has 136 valence electrons. The predicted octanol–water partition coefficient (Wildman–Crippen LogP) is 2.64. The molecule has 8 heteroatoms. The number of amides is 1. The van der Waals surface area contributed by atoms with Gasteiger partial charge in [0.2, 0.25) is 0 Å². The highest BCUT2D eigenvalue weighted by Crippen LogP contribution is 2.13. The molecule has 0 saturated carbocycles. The van der Waals surface area contributed by atoms with E-state index in [0.29, 0.717) is 13.1 Å². The summed E-state index contributed by atoms with van der Waals surface area (Å²) in [6.07, 6.45) is 3.77. The number of thiazole rings is 1. The van der Waals surface area contributed by atoms with Crippen LogP contribution in [0.25, 0.3) is 0 Å². The Kier molecular flexibility index (Phi) is 8.41. The molecule has 0 saturated heterocycles. The van der Waals surface area contributed by atoms with E-state index in [1.165, 1.54) is 16.2 Å². The van der Waals surface area contributed by atoms with E-state index >= 15 is 0 Å². The number of hydrogen-bond acceptors (Lipinski definition) is 5. The van der Waals surface area contributed by atoms with Crippen molar-refractivity contribution in [3.63, 3.8) is 0 Å². The number of rotatable bonds is 9. The third-order valence-corrected chi connectivity index (χ3v) is 5.34. The Morgan fingerprint density at radius 1 is 1.24 bits per heavy atom. The number of guanidine groups is 1. The third kappa shape index (κ3) is 6.83. The molecular weight excluding hydrogens is 354 g/mol. The van der Waals surface area contributed by atoms with Crippen molar-refractivity contribution in [2.45, 2.75) is 33.2 Å². The summed E-state index contributed by atoms with van der Waals surface area (Å²) < 4.78 is 0. The van der Waals surface area contributed by atoms with E-state index in [-0.39, 0.29) is 5.91 Å². The highest BCUT2D eigenvalue weighted by atomic mass is 32.1. The summed E-state index contributed by atoms with van der Waals surface area (Å²) in [6.45, 7) is 6.93. The van der Waals surface area contributed by atoms with Crippen LogP contribution in [0.1, 0.15) is 39.8 Å². The fraction of sp³-hybridized carbons (Fsp3) is 0.471. The van der Waals surface area contributed by atoms with E-state index in [0.717, 1.165) is 41.8 Å². The normalized spacial score (nSPS) is 11.4. The predicted molar refractivity (Wildman–Crippen MR) is 106 cm³/mol. The molecular formula is C17H25N5OS2. The summed E-state index contributed by atoms with van der Waals surface area (Å²) in [4.78, 5) is 22.8. The first kappa shape index (κ1) is 19.4. The van der Waals surface area contributed by atoms with E-state index in [1.807, 2.05) is 30.6 Å². The molecule has 1 amide bonds. The van der Waals surface area contributed by atoms with Gasteiger partial charge in [0.25, 0.3) is 5.91 Å².